The van der Waals surface area contributed by atoms with Crippen LogP contribution in [0.25, 0.3) is 21.5 Å². The molecule has 0 amide bonds. The van der Waals surface area contributed by atoms with Crippen molar-refractivity contribution in [2.24, 2.45) is 0 Å². The van der Waals surface area contributed by atoms with E-state index in [0.717, 1.165) is 35.9 Å². The summed E-state index contributed by atoms with van der Waals surface area (Å²) in [6.07, 6.45) is 2.27. The number of fused-ring (bicyclic) bond motifs is 8. The lowest BCUT2D eigenvalue weighted by molar-refractivity contribution is 1.15. The summed E-state index contributed by atoms with van der Waals surface area (Å²) in [6.45, 7) is 0. The molecule has 0 spiro atoms. The van der Waals surface area contributed by atoms with Crippen LogP contribution in [0.15, 0.2) is 72.8 Å². The van der Waals surface area contributed by atoms with Crippen LogP contribution in [0.5, 0.6) is 0 Å². The molecule has 140 valence electrons. The first-order valence-corrected chi connectivity index (χ1v) is 12.3. The van der Waals surface area contributed by atoms with E-state index in [0.29, 0.717) is 0 Å². The normalized spacial score (nSPS) is 15.4. The van der Waals surface area contributed by atoms with Gasteiger partial charge in [0.25, 0.3) is 0 Å². The Morgan fingerprint density at radius 1 is 0.536 bits per heavy atom. The molecule has 2 heteroatoms. The van der Waals surface area contributed by atoms with Gasteiger partial charge in [-0.05, 0) is 68.1 Å². The lowest BCUT2D eigenvalue weighted by Crippen LogP contribution is -1.94. The molecule has 2 aliphatic heterocycles. The van der Waals surface area contributed by atoms with Gasteiger partial charge in [0.2, 0.25) is 0 Å². The lowest BCUT2D eigenvalue weighted by Gasteiger charge is -2.12. The Labute approximate surface area is 175 Å². The smallest absolute Gasteiger partial charge is 0.0190 e. The van der Waals surface area contributed by atoms with Gasteiger partial charge in [-0.2, -0.15) is 23.5 Å². The van der Waals surface area contributed by atoms with E-state index in [1.165, 1.54) is 43.8 Å². The van der Waals surface area contributed by atoms with Crippen LogP contribution < -0.4 is 0 Å². The quantitative estimate of drug-likeness (QED) is 0.305. The number of hydrogen-bond acceptors (Lipinski definition) is 2. The molecule has 8 bridgehead atoms. The molecule has 28 heavy (non-hydrogen) atoms. The average molecular weight is 401 g/mol. The first kappa shape index (κ1) is 18.1. The zero-order chi connectivity index (χ0) is 18.8. The summed E-state index contributed by atoms with van der Waals surface area (Å²) in [4.78, 5) is 0. The summed E-state index contributed by atoms with van der Waals surface area (Å²) in [7, 11) is 0. The van der Waals surface area contributed by atoms with Crippen molar-refractivity contribution < 1.29 is 0 Å². The van der Waals surface area contributed by atoms with E-state index in [-0.39, 0.29) is 0 Å². The minimum absolute atomic E-state index is 1.09. The van der Waals surface area contributed by atoms with E-state index in [1.54, 1.807) is 0 Å². The first-order chi connectivity index (χ1) is 13.9. The highest BCUT2D eigenvalue weighted by molar-refractivity contribution is 7.98. The molecular formula is C26H24S2. The molecule has 0 atom stereocenters. The molecule has 2 aliphatic rings. The molecule has 0 saturated carbocycles. The van der Waals surface area contributed by atoms with Gasteiger partial charge in [0.15, 0.2) is 0 Å². The van der Waals surface area contributed by atoms with Crippen LogP contribution in [-0.2, 0) is 24.3 Å². The molecule has 0 saturated heterocycles. The van der Waals surface area contributed by atoms with Crippen LogP contribution in [0.3, 0.4) is 0 Å². The molecule has 2 heterocycles. The SMILES string of the molecule is c1cc2c3cccc(c3c1)CSCCc1ccc3cc(ccc3c1)CCSC2. The maximum atomic E-state index is 2.38. The standard InChI is InChI=1S/C26H24S2/c1-3-23-17-27-13-11-19-7-9-22-16-20(8-10-21(22)15-19)12-14-28-18-24-4-2-6-26(23)25(24)5-1/h1-10,15-16H,11-14,17-18H2. The molecule has 0 radical (unpaired) electrons. The van der Waals surface area contributed by atoms with Crippen LogP contribution in [0.2, 0.25) is 0 Å². The molecule has 6 rings (SSSR count). The van der Waals surface area contributed by atoms with Crippen molar-refractivity contribution >= 4 is 45.1 Å². The molecule has 0 unspecified atom stereocenters. The van der Waals surface area contributed by atoms with E-state index < -0.39 is 0 Å². The Bertz CT molecular complexity index is 1040. The van der Waals surface area contributed by atoms with Crippen molar-refractivity contribution in [1.82, 2.24) is 0 Å². The van der Waals surface area contributed by atoms with Gasteiger partial charge >= 0.3 is 0 Å². The lowest BCUT2D eigenvalue weighted by atomic mass is 10.0. The van der Waals surface area contributed by atoms with Crippen LogP contribution in [-0.4, -0.2) is 11.5 Å². The van der Waals surface area contributed by atoms with E-state index in [9.17, 15) is 0 Å². The zero-order valence-electron chi connectivity index (χ0n) is 16.0. The highest BCUT2D eigenvalue weighted by Gasteiger charge is 2.07. The highest BCUT2D eigenvalue weighted by Crippen LogP contribution is 2.29. The third-order valence-electron chi connectivity index (χ3n) is 5.66. The molecule has 4 aromatic carbocycles. The van der Waals surface area contributed by atoms with Gasteiger partial charge in [-0.3, -0.25) is 0 Å². The maximum Gasteiger partial charge on any atom is 0.0190 e. The van der Waals surface area contributed by atoms with Crippen LogP contribution in [0.4, 0.5) is 0 Å². The van der Waals surface area contributed by atoms with Crippen molar-refractivity contribution in [3.05, 3.63) is 95.1 Å². The predicted molar refractivity (Wildman–Crippen MR) is 128 cm³/mol. The van der Waals surface area contributed by atoms with Gasteiger partial charge in [-0.15, -0.1) is 0 Å². The Hall–Kier alpha value is -1.90. The zero-order valence-corrected chi connectivity index (χ0v) is 17.6. The van der Waals surface area contributed by atoms with Gasteiger partial charge in [-0.1, -0.05) is 72.8 Å². The summed E-state index contributed by atoms with van der Waals surface area (Å²) in [5, 5.41) is 5.62. The molecule has 0 aromatic heterocycles. The second-order valence-electron chi connectivity index (χ2n) is 7.55. The van der Waals surface area contributed by atoms with Gasteiger partial charge < -0.3 is 0 Å². The van der Waals surface area contributed by atoms with Gasteiger partial charge in [0.05, 0.1) is 0 Å². The minimum atomic E-state index is 1.09. The second-order valence-corrected chi connectivity index (χ2v) is 9.76. The van der Waals surface area contributed by atoms with Crippen molar-refractivity contribution in [3.63, 3.8) is 0 Å². The van der Waals surface area contributed by atoms with Gasteiger partial charge in [-0.25, -0.2) is 0 Å². The summed E-state index contributed by atoms with van der Waals surface area (Å²) >= 11 is 4.10. The minimum Gasteiger partial charge on any atom is -0.157 e. The fraction of sp³-hybridized carbons (Fsp3) is 0.231. The molecule has 0 nitrogen and oxygen atoms in total. The average Bonchev–Trinajstić information content (AvgIpc) is 2.73. The monoisotopic (exact) mass is 400 g/mol. The Morgan fingerprint density at radius 2 is 1.04 bits per heavy atom. The number of rotatable bonds is 0. The summed E-state index contributed by atoms with van der Waals surface area (Å²) in [5.41, 5.74) is 5.84. The van der Waals surface area contributed by atoms with Crippen molar-refractivity contribution in [3.8, 4) is 0 Å². The van der Waals surface area contributed by atoms with Crippen LogP contribution >= 0.6 is 23.5 Å². The number of hydrogen-bond donors (Lipinski definition) is 0. The van der Waals surface area contributed by atoms with Crippen LogP contribution in [0, 0.1) is 0 Å². The van der Waals surface area contributed by atoms with Crippen LogP contribution in [0.1, 0.15) is 22.3 Å². The molecule has 0 fully saturated rings. The van der Waals surface area contributed by atoms with Gasteiger partial charge in [0.1, 0.15) is 0 Å². The summed E-state index contributed by atoms with van der Waals surface area (Å²) < 4.78 is 0. The fourth-order valence-electron chi connectivity index (χ4n) is 4.09. The number of aryl methyl sites for hydroxylation is 2. The summed E-state index contributed by atoms with van der Waals surface area (Å²) in [5.74, 6) is 4.50. The van der Waals surface area contributed by atoms with E-state index in [4.69, 9.17) is 0 Å². The maximum absolute atomic E-state index is 2.38. The third kappa shape index (κ3) is 3.81. The van der Waals surface area contributed by atoms with Crippen molar-refractivity contribution in [1.29, 1.82) is 0 Å². The van der Waals surface area contributed by atoms with E-state index in [1.807, 2.05) is 23.5 Å². The molecule has 0 aliphatic carbocycles. The van der Waals surface area contributed by atoms with E-state index in [2.05, 4.69) is 72.8 Å². The summed E-state index contributed by atoms with van der Waals surface area (Å²) in [6, 6.07) is 27.7. The number of thioether (sulfide) groups is 2. The Morgan fingerprint density at radius 3 is 1.54 bits per heavy atom. The Kier molecular flexibility index (Phi) is 5.33. The first-order valence-electron chi connectivity index (χ1n) is 10.0. The second kappa shape index (κ2) is 8.23. The molecular weight excluding hydrogens is 376 g/mol. The van der Waals surface area contributed by atoms with Crippen molar-refractivity contribution in [2.75, 3.05) is 11.5 Å². The highest BCUT2D eigenvalue weighted by atomic mass is 32.2. The van der Waals surface area contributed by atoms with Crippen molar-refractivity contribution in [2.45, 2.75) is 24.3 Å². The third-order valence-corrected chi connectivity index (χ3v) is 7.67. The predicted octanol–water partition coefficient (Wildman–Crippen LogP) is 7.26. The number of benzene rings is 4. The van der Waals surface area contributed by atoms with Gasteiger partial charge in [0, 0.05) is 11.5 Å². The Balaban J connectivity index is 1.48. The molecule has 0 N–H and O–H groups in total. The van der Waals surface area contributed by atoms with E-state index >= 15 is 0 Å². The molecule has 4 aromatic rings. The topological polar surface area (TPSA) is 0 Å². The fourth-order valence-corrected chi connectivity index (χ4v) is 6.08. The largest absolute Gasteiger partial charge is 0.157 e.